The number of hydrogen-bond acceptors (Lipinski definition) is 3. The average Bonchev–Trinajstić information content (AvgIpc) is 2.96. The zero-order valence-corrected chi connectivity index (χ0v) is 11.8. The standard InChI is InChI=1S/C16H19FO4/c17-14-11-12(6-8-16(18)19)5-7-15(14)21-10-2-4-13-3-1-9-20-13/h5-8,11,13H,1-4,9-10H2,(H,18,19)/b8-6+. The molecule has 0 saturated carbocycles. The maximum Gasteiger partial charge on any atom is 0.328 e. The normalized spacial score (nSPS) is 18.2. The van der Waals surface area contributed by atoms with Gasteiger partial charge in [-0.1, -0.05) is 6.07 Å². The Hall–Kier alpha value is -1.88. The molecule has 0 radical (unpaired) electrons. The summed E-state index contributed by atoms with van der Waals surface area (Å²) >= 11 is 0. The number of rotatable bonds is 7. The van der Waals surface area contributed by atoms with E-state index in [1.807, 2.05) is 0 Å². The van der Waals surface area contributed by atoms with E-state index in [4.69, 9.17) is 14.6 Å². The molecule has 1 heterocycles. The summed E-state index contributed by atoms with van der Waals surface area (Å²) in [7, 11) is 0. The van der Waals surface area contributed by atoms with E-state index in [1.165, 1.54) is 18.2 Å². The van der Waals surface area contributed by atoms with Gasteiger partial charge in [0.05, 0.1) is 12.7 Å². The molecule has 1 aromatic carbocycles. The number of benzene rings is 1. The molecule has 4 nitrogen and oxygen atoms in total. The predicted molar refractivity (Wildman–Crippen MR) is 76.8 cm³/mol. The van der Waals surface area contributed by atoms with Crippen LogP contribution in [0.1, 0.15) is 31.2 Å². The second-order valence-corrected chi connectivity index (χ2v) is 4.99. The van der Waals surface area contributed by atoms with Crippen molar-refractivity contribution >= 4 is 12.0 Å². The Morgan fingerprint density at radius 3 is 3.05 bits per heavy atom. The van der Waals surface area contributed by atoms with Crippen LogP contribution in [0.5, 0.6) is 5.75 Å². The van der Waals surface area contributed by atoms with Crippen molar-refractivity contribution in [3.8, 4) is 5.75 Å². The number of aliphatic carboxylic acids is 1. The van der Waals surface area contributed by atoms with Gasteiger partial charge in [-0.25, -0.2) is 9.18 Å². The van der Waals surface area contributed by atoms with E-state index in [0.29, 0.717) is 18.3 Å². The second-order valence-electron chi connectivity index (χ2n) is 4.99. The van der Waals surface area contributed by atoms with Gasteiger partial charge in [0.15, 0.2) is 11.6 Å². The topological polar surface area (TPSA) is 55.8 Å². The van der Waals surface area contributed by atoms with Crippen LogP contribution in [0.2, 0.25) is 0 Å². The van der Waals surface area contributed by atoms with Gasteiger partial charge in [-0.3, -0.25) is 0 Å². The fourth-order valence-corrected chi connectivity index (χ4v) is 2.27. The lowest BCUT2D eigenvalue weighted by Crippen LogP contribution is -2.08. The lowest BCUT2D eigenvalue weighted by Gasteiger charge is -2.10. The lowest BCUT2D eigenvalue weighted by atomic mass is 10.1. The van der Waals surface area contributed by atoms with Gasteiger partial charge in [-0.05, 0) is 49.5 Å². The van der Waals surface area contributed by atoms with Gasteiger partial charge in [0, 0.05) is 12.7 Å². The van der Waals surface area contributed by atoms with Crippen molar-refractivity contribution in [3.63, 3.8) is 0 Å². The minimum absolute atomic E-state index is 0.190. The van der Waals surface area contributed by atoms with Gasteiger partial charge >= 0.3 is 5.97 Å². The van der Waals surface area contributed by atoms with Gasteiger partial charge in [-0.2, -0.15) is 0 Å². The van der Waals surface area contributed by atoms with Crippen molar-refractivity contribution in [1.29, 1.82) is 0 Å². The minimum Gasteiger partial charge on any atom is -0.491 e. The quantitative estimate of drug-likeness (QED) is 0.619. The summed E-state index contributed by atoms with van der Waals surface area (Å²) in [6.45, 7) is 1.28. The summed E-state index contributed by atoms with van der Waals surface area (Å²) in [4.78, 5) is 10.4. The molecule has 1 aliphatic heterocycles. The highest BCUT2D eigenvalue weighted by atomic mass is 19.1. The average molecular weight is 294 g/mol. The van der Waals surface area contributed by atoms with Crippen LogP contribution in [0, 0.1) is 5.82 Å². The van der Waals surface area contributed by atoms with E-state index in [1.54, 1.807) is 6.07 Å². The molecule has 0 spiro atoms. The third kappa shape index (κ3) is 5.19. The summed E-state index contributed by atoms with van der Waals surface area (Å²) in [6.07, 6.45) is 6.60. The zero-order valence-electron chi connectivity index (χ0n) is 11.8. The molecule has 0 bridgehead atoms. The molecule has 1 atom stereocenters. The molecule has 1 saturated heterocycles. The second kappa shape index (κ2) is 7.78. The van der Waals surface area contributed by atoms with E-state index in [2.05, 4.69) is 0 Å². The first-order valence-electron chi connectivity index (χ1n) is 7.10. The van der Waals surface area contributed by atoms with Crippen LogP contribution in [0.15, 0.2) is 24.3 Å². The summed E-state index contributed by atoms with van der Waals surface area (Å²) in [5.74, 6) is -1.36. The number of carboxylic acids is 1. The molecule has 0 aromatic heterocycles. The summed E-state index contributed by atoms with van der Waals surface area (Å²) in [5.41, 5.74) is 0.488. The number of ether oxygens (including phenoxy) is 2. The van der Waals surface area contributed by atoms with E-state index < -0.39 is 11.8 Å². The number of hydrogen-bond donors (Lipinski definition) is 1. The third-order valence-electron chi connectivity index (χ3n) is 3.33. The predicted octanol–water partition coefficient (Wildman–Crippen LogP) is 3.26. The highest BCUT2D eigenvalue weighted by molar-refractivity contribution is 5.85. The molecule has 21 heavy (non-hydrogen) atoms. The first kappa shape index (κ1) is 15.5. The number of carbonyl (C=O) groups is 1. The smallest absolute Gasteiger partial charge is 0.328 e. The van der Waals surface area contributed by atoms with Gasteiger partial charge in [-0.15, -0.1) is 0 Å². The van der Waals surface area contributed by atoms with Gasteiger partial charge in [0.25, 0.3) is 0 Å². The van der Waals surface area contributed by atoms with Crippen LogP contribution < -0.4 is 4.74 Å². The van der Waals surface area contributed by atoms with Crippen LogP contribution in [-0.2, 0) is 9.53 Å². The Labute approximate surface area is 123 Å². The first-order chi connectivity index (χ1) is 10.1. The van der Waals surface area contributed by atoms with Crippen molar-refractivity contribution in [2.45, 2.75) is 31.8 Å². The van der Waals surface area contributed by atoms with Crippen LogP contribution in [0.25, 0.3) is 6.08 Å². The van der Waals surface area contributed by atoms with Gasteiger partial charge < -0.3 is 14.6 Å². The van der Waals surface area contributed by atoms with Crippen LogP contribution in [0.3, 0.4) is 0 Å². The SMILES string of the molecule is O=C(O)/C=C/c1ccc(OCCCC2CCCO2)c(F)c1. The zero-order chi connectivity index (χ0) is 15.1. The van der Waals surface area contributed by atoms with Crippen LogP contribution in [0.4, 0.5) is 4.39 Å². The van der Waals surface area contributed by atoms with Crippen LogP contribution in [-0.4, -0.2) is 30.4 Å². The van der Waals surface area contributed by atoms with Crippen LogP contribution >= 0.6 is 0 Å². The number of halogens is 1. The molecule has 1 N–H and O–H groups in total. The van der Waals surface area contributed by atoms with Crippen molar-refractivity contribution in [2.24, 2.45) is 0 Å². The van der Waals surface area contributed by atoms with Gasteiger partial charge in [0.1, 0.15) is 0 Å². The number of carboxylic acid groups (broad SMARTS) is 1. The third-order valence-corrected chi connectivity index (χ3v) is 3.33. The molecule has 1 aromatic rings. The lowest BCUT2D eigenvalue weighted by molar-refractivity contribution is -0.131. The summed E-state index contributed by atoms with van der Waals surface area (Å²) < 4.78 is 24.7. The van der Waals surface area contributed by atoms with Crippen molar-refractivity contribution in [3.05, 3.63) is 35.7 Å². The molecule has 5 heteroatoms. The molecule has 1 fully saturated rings. The minimum atomic E-state index is -1.06. The molecule has 0 aliphatic carbocycles. The molecule has 114 valence electrons. The monoisotopic (exact) mass is 294 g/mol. The molecular weight excluding hydrogens is 275 g/mol. The molecular formula is C16H19FO4. The Balaban J connectivity index is 1.78. The molecule has 0 amide bonds. The highest BCUT2D eigenvalue weighted by Crippen LogP contribution is 2.21. The summed E-state index contributed by atoms with van der Waals surface area (Å²) in [6, 6.07) is 4.40. The maximum absolute atomic E-state index is 13.8. The van der Waals surface area contributed by atoms with Crippen molar-refractivity contribution in [2.75, 3.05) is 13.2 Å². The molecule has 2 rings (SSSR count). The first-order valence-corrected chi connectivity index (χ1v) is 7.10. The Morgan fingerprint density at radius 2 is 2.38 bits per heavy atom. The Kier molecular flexibility index (Phi) is 5.75. The van der Waals surface area contributed by atoms with E-state index in [9.17, 15) is 9.18 Å². The van der Waals surface area contributed by atoms with E-state index in [0.717, 1.165) is 38.4 Å². The largest absolute Gasteiger partial charge is 0.491 e. The Bertz CT molecular complexity index is 507. The Morgan fingerprint density at radius 1 is 1.52 bits per heavy atom. The fourth-order valence-electron chi connectivity index (χ4n) is 2.27. The highest BCUT2D eigenvalue weighted by Gasteiger charge is 2.14. The molecule has 1 aliphatic rings. The van der Waals surface area contributed by atoms with Crippen molar-refractivity contribution in [1.82, 2.24) is 0 Å². The fraction of sp³-hybridized carbons (Fsp3) is 0.438. The maximum atomic E-state index is 13.8. The van der Waals surface area contributed by atoms with E-state index >= 15 is 0 Å². The van der Waals surface area contributed by atoms with Crippen molar-refractivity contribution < 1.29 is 23.8 Å². The summed E-state index contributed by atoms with van der Waals surface area (Å²) in [5, 5.41) is 8.52. The van der Waals surface area contributed by atoms with Gasteiger partial charge in [0.2, 0.25) is 0 Å². The van der Waals surface area contributed by atoms with E-state index in [-0.39, 0.29) is 5.75 Å². The molecule has 1 unspecified atom stereocenters.